The molecule has 6 nitrogen and oxygen atoms in total. The maximum Gasteiger partial charge on any atom is 0.254 e. The predicted octanol–water partition coefficient (Wildman–Crippen LogP) is 3.64. The van der Waals surface area contributed by atoms with E-state index >= 15 is 0 Å². The summed E-state index contributed by atoms with van der Waals surface area (Å²) in [7, 11) is 0. The van der Waals surface area contributed by atoms with E-state index in [-0.39, 0.29) is 22.9 Å². The second-order valence-corrected chi connectivity index (χ2v) is 8.07. The van der Waals surface area contributed by atoms with Gasteiger partial charge in [-0.15, -0.1) is 0 Å². The highest BCUT2D eigenvalue weighted by atomic mass is 35.5. The Balaban J connectivity index is 1.35. The summed E-state index contributed by atoms with van der Waals surface area (Å²) >= 11 is 5.82. The lowest BCUT2D eigenvalue weighted by Gasteiger charge is -2.27. The molecule has 0 aliphatic carbocycles. The smallest absolute Gasteiger partial charge is 0.254 e. The topological polar surface area (TPSA) is 59.1 Å². The van der Waals surface area contributed by atoms with Gasteiger partial charge in [-0.05, 0) is 55.3 Å². The van der Waals surface area contributed by atoms with Gasteiger partial charge < -0.3 is 19.3 Å². The van der Waals surface area contributed by atoms with Gasteiger partial charge in [-0.1, -0.05) is 11.6 Å². The molecule has 2 aromatic rings. The van der Waals surface area contributed by atoms with Crippen LogP contribution in [-0.2, 0) is 4.74 Å². The summed E-state index contributed by atoms with van der Waals surface area (Å²) in [6.07, 6.45) is 1.70. The molecule has 0 spiro atoms. The van der Waals surface area contributed by atoms with Crippen LogP contribution in [0.1, 0.15) is 33.6 Å². The number of benzene rings is 2. The molecular weight excluding hydrogens is 423 g/mol. The number of hydrogen-bond donors (Lipinski definition) is 0. The molecule has 4 rings (SSSR count). The summed E-state index contributed by atoms with van der Waals surface area (Å²) in [6.45, 7) is 3.29. The van der Waals surface area contributed by atoms with E-state index in [1.807, 2.05) is 0 Å². The van der Waals surface area contributed by atoms with Gasteiger partial charge in [-0.25, -0.2) is 4.39 Å². The van der Waals surface area contributed by atoms with Crippen molar-refractivity contribution in [2.45, 2.75) is 18.9 Å². The van der Waals surface area contributed by atoms with Crippen molar-refractivity contribution >= 4 is 23.4 Å². The van der Waals surface area contributed by atoms with Crippen LogP contribution in [0.4, 0.5) is 4.39 Å². The summed E-state index contributed by atoms with van der Waals surface area (Å²) in [6, 6.07) is 11.0. The van der Waals surface area contributed by atoms with Crippen LogP contribution < -0.4 is 4.74 Å². The number of likely N-dealkylation sites (tertiary alicyclic amines) is 1. The van der Waals surface area contributed by atoms with Crippen LogP contribution in [0.15, 0.2) is 42.5 Å². The number of rotatable bonds is 5. The molecule has 0 N–H and O–H groups in total. The Morgan fingerprint density at radius 3 is 2.45 bits per heavy atom. The number of amides is 2. The summed E-state index contributed by atoms with van der Waals surface area (Å²) in [5.74, 6) is -0.0995. The Hall–Kier alpha value is -2.64. The Bertz CT molecular complexity index is 947. The van der Waals surface area contributed by atoms with Crippen molar-refractivity contribution in [1.82, 2.24) is 9.80 Å². The number of hydrogen-bond acceptors (Lipinski definition) is 4. The first-order chi connectivity index (χ1) is 15.0. The normalized spacial score (nSPS) is 18.8. The molecule has 0 aromatic heterocycles. The van der Waals surface area contributed by atoms with E-state index < -0.39 is 5.82 Å². The molecule has 0 saturated carbocycles. The highest BCUT2D eigenvalue weighted by Crippen LogP contribution is 2.24. The van der Waals surface area contributed by atoms with Crippen molar-refractivity contribution < 1.29 is 23.5 Å². The number of carbonyl (C=O) groups is 2. The van der Waals surface area contributed by atoms with E-state index in [0.717, 1.165) is 12.8 Å². The van der Waals surface area contributed by atoms with Gasteiger partial charge in [0.25, 0.3) is 11.8 Å². The van der Waals surface area contributed by atoms with E-state index in [2.05, 4.69) is 0 Å². The minimum absolute atomic E-state index is 0.0135. The first kappa shape index (κ1) is 21.6. The van der Waals surface area contributed by atoms with Crippen LogP contribution in [0.3, 0.4) is 0 Å². The molecular formula is C23H24ClFN2O4. The molecule has 8 heteroatoms. The van der Waals surface area contributed by atoms with E-state index in [1.54, 1.807) is 34.1 Å². The maximum absolute atomic E-state index is 13.4. The van der Waals surface area contributed by atoms with Gasteiger partial charge in [-0.2, -0.15) is 0 Å². The molecule has 2 saturated heterocycles. The van der Waals surface area contributed by atoms with E-state index in [4.69, 9.17) is 21.1 Å². The molecule has 0 unspecified atom stereocenters. The summed E-state index contributed by atoms with van der Waals surface area (Å²) in [5, 5.41) is -0.0652. The zero-order valence-corrected chi connectivity index (χ0v) is 17.8. The zero-order chi connectivity index (χ0) is 21.8. The van der Waals surface area contributed by atoms with Crippen LogP contribution in [-0.4, -0.2) is 67.1 Å². The molecule has 2 aliphatic rings. The first-order valence-electron chi connectivity index (χ1n) is 10.4. The fourth-order valence-corrected chi connectivity index (χ4v) is 4.09. The Kier molecular flexibility index (Phi) is 6.73. The lowest BCUT2D eigenvalue weighted by molar-refractivity contribution is 0.0303. The van der Waals surface area contributed by atoms with E-state index in [9.17, 15) is 14.0 Å². The zero-order valence-electron chi connectivity index (χ0n) is 17.1. The van der Waals surface area contributed by atoms with Crippen LogP contribution in [0.5, 0.6) is 5.75 Å². The molecule has 0 bridgehead atoms. The summed E-state index contributed by atoms with van der Waals surface area (Å²) in [5.41, 5.74) is 0.976. The minimum Gasteiger partial charge on any atom is -0.491 e. The van der Waals surface area contributed by atoms with Crippen LogP contribution in [0.2, 0.25) is 5.02 Å². The van der Waals surface area contributed by atoms with Crippen molar-refractivity contribution in [3.8, 4) is 5.75 Å². The fourth-order valence-electron chi connectivity index (χ4n) is 3.91. The Morgan fingerprint density at radius 1 is 1.03 bits per heavy atom. The second kappa shape index (κ2) is 9.66. The number of halogens is 2. The van der Waals surface area contributed by atoms with Gasteiger partial charge >= 0.3 is 0 Å². The number of nitrogens with zero attached hydrogens (tertiary/aromatic N) is 2. The van der Waals surface area contributed by atoms with E-state index in [0.29, 0.717) is 56.3 Å². The Labute approximate surface area is 185 Å². The van der Waals surface area contributed by atoms with Crippen molar-refractivity contribution in [1.29, 1.82) is 0 Å². The fraction of sp³-hybridized carbons (Fsp3) is 0.391. The van der Waals surface area contributed by atoms with Crippen molar-refractivity contribution in [3.63, 3.8) is 0 Å². The SMILES string of the molecule is O=C(c1ccc(OC[C@@H]2CCCN2C(=O)c2ccc(F)c(Cl)c2)cc1)N1CCOCC1. The third kappa shape index (κ3) is 4.99. The maximum atomic E-state index is 13.4. The molecule has 1 atom stereocenters. The lowest BCUT2D eigenvalue weighted by atomic mass is 10.1. The quantitative estimate of drug-likeness (QED) is 0.703. The van der Waals surface area contributed by atoms with Gasteiger partial charge in [0.2, 0.25) is 0 Å². The van der Waals surface area contributed by atoms with Crippen LogP contribution in [0.25, 0.3) is 0 Å². The molecule has 2 aromatic carbocycles. The average molecular weight is 447 g/mol. The molecule has 164 valence electrons. The highest BCUT2D eigenvalue weighted by Gasteiger charge is 2.30. The summed E-state index contributed by atoms with van der Waals surface area (Å²) < 4.78 is 24.6. The molecule has 31 heavy (non-hydrogen) atoms. The molecule has 2 heterocycles. The first-order valence-corrected chi connectivity index (χ1v) is 10.8. The molecule has 2 aliphatic heterocycles. The Morgan fingerprint density at radius 2 is 1.74 bits per heavy atom. The lowest BCUT2D eigenvalue weighted by Crippen LogP contribution is -2.40. The summed E-state index contributed by atoms with van der Waals surface area (Å²) in [4.78, 5) is 28.9. The number of morpholine rings is 1. The van der Waals surface area contributed by atoms with Crippen LogP contribution in [0, 0.1) is 5.82 Å². The molecule has 2 amide bonds. The van der Waals surface area contributed by atoms with Crippen molar-refractivity contribution in [2.75, 3.05) is 39.5 Å². The van der Waals surface area contributed by atoms with Gasteiger partial charge in [0.05, 0.1) is 24.3 Å². The second-order valence-electron chi connectivity index (χ2n) is 7.66. The van der Waals surface area contributed by atoms with Crippen molar-refractivity contribution in [3.05, 3.63) is 64.4 Å². The van der Waals surface area contributed by atoms with Crippen molar-refractivity contribution in [2.24, 2.45) is 0 Å². The monoisotopic (exact) mass is 446 g/mol. The van der Waals surface area contributed by atoms with Gasteiger partial charge in [0, 0.05) is 30.8 Å². The van der Waals surface area contributed by atoms with Gasteiger partial charge in [0.1, 0.15) is 18.2 Å². The third-order valence-corrected chi connectivity index (χ3v) is 5.94. The molecule has 2 fully saturated rings. The van der Waals surface area contributed by atoms with Gasteiger partial charge in [0.15, 0.2) is 0 Å². The van der Waals surface area contributed by atoms with Crippen LogP contribution >= 0.6 is 11.6 Å². The standard InChI is InChI=1S/C23H24ClFN2O4/c24-20-14-17(5-8-21(20)25)23(29)27-9-1-2-18(27)15-31-19-6-3-16(4-7-19)22(28)26-10-12-30-13-11-26/h3-8,14,18H,1-2,9-13,15H2/t18-/m0/s1. The van der Waals surface area contributed by atoms with E-state index in [1.165, 1.54) is 18.2 Å². The third-order valence-electron chi connectivity index (χ3n) is 5.65. The largest absolute Gasteiger partial charge is 0.491 e. The highest BCUT2D eigenvalue weighted by molar-refractivity contribution is 6.31. The van der Waals surface area contributed by atoms with Gasteiger partial charge in [-0.3, -0.25) is 9.59 Å². The predicted molar refractivity (Wildman–Crippen MR) is 114 cm³/mol. The minimum atomic E-state index is -0.546. The number of ether oxygens (including phenoxy) is 2. The average Bonchev–Trinajstić information content (AvgIpc) is 3.28. The molecule has 0 radical (unpaired) electrons. The number of carbonyl (C=O) groups excluding carboxylic acids is 2.